The number of aliphatic carboxylic acids is 1. The molecule has 0 amide bonds. The summed E-state index contributed by atoms with van der Waals surface area (Å²) < 4.78 is 1.98. The highest BCUT2D eigenvalue weighted by molar-refractivity contribution is 5.75. The summed E-state index contributed by atoms with van der Waals surface area (Å²) in [6, 6.07) is 2.10. The topological polar surface area (TPSA) is 55.1 Å². The number of nitrogens with zero attached hydrogens (tertiary/aromatic N) is 2. The number of carbonyl (C=O) groups is 1. The summed E-state index contributed by atoms with van der Waals surface area (Å²) in [6.07, 6.45) is 6.39. The molecule has 4 heteroatoms. The quantitative estimate of drug-likeness (QED) is 0.870. The Morgan fingerprint density at radius 2 is 2.05 bits per heavy atom. The molecule has 0 saturated heterocycles. The molecular weight excluding hydrogens is 264 g/mol. The van der Waals surface area contributed by atoms with Gasteiger partial charge < -0.3 is 5.11 Å². The second kappa shape index (κ2) is 6.63. The summed E-state index contributed by atoms with van der Waals surface area (Å²) in [4.78, 5) is 11.9. The highest BCUT2D eigenvalue weighted by atomic mass is 16.4. The van der Waals surface area contributed by atoms with E-state index in [4.69, 9.17) is 0 Å². The first-order chi connectivity index (χ1) is 10.0. The van der Waals surface area contributed by atoms with Crippen LogP contribution in [0.25, 0.3) is 0 Å². The zero-order valence-corrected chi connectivity index (χ0v) is 13.6. The zero-order valence-electron chi connectivity index (χ0n) is 13.6. The molecular formula is C17H28N2O2. The number of hydrogen-bond acceptors (Lipinski definition) is 2. The van der Waals surface area contributed by atoms with Gasteiger partial charge in [-0.15, -0.1) is 0 Å². The lowest BCUT2D eigenvalue weighted by Crippen LogP contribution is -2.38. The molecule has 1 fully saturated rings. The van der Waals surface area contributed by atoms with Gasteiger partial charge in [-0.25, -0.2) is 0 Å². The Labute approximate surface area is 127 Å². The third-order valence-corrected chi connectivity index (χ3v) is 5.19. The SMILES string of the molecule is CCc1cc(CC2(C(=O)O)CCC(CC)CC2)n(CC)n1. The van der Waals surface area contributed by atoms with E-state index < -0.39 is 11.4 Å². The summed E-state index contributed by atoms with van der Waals surface area (Å²) in [7, 11) is 0. The Morgan fingerprint density at radius 3 is 2.52 bits per heavy atom. The Hall–Kier alpha value is -1.32. The van der Waals surface area contributed by atoms with Crippen molar-refractivity contribution in [3.63, 3.8) is 0 Å². The molecule has 1 aromatic heterocycles. The standard InChI is InChI=1S/C17H28N2O2/c1-4-13-7-9-17(10-8-13,16(20)21)12-15-11-14(5-2)18-19(15)6-3/h11,13H,4-10,12H2,1-3H3,(H,20,21). The van der Waals surface area contributed by atoms with Gasteiger partial charge >= 0.3 is 5.97 Å². The molecule has 4 nitrogen and oxygen atoms in total. The maximum atomic E-state index is 11.9. The van der Waals surface area contributed by atoms with Gasteiger partial charge in [-0.05, 0) is 51.0 Å². The third-order valence-electron chi connectivity index (χ3n) is 5.19. The number of carboxylic acids is 1. The molecule has 1 aliphatic carbocycles. The average Bonchev–Trinajstić information content (AvgIpc) is 2.89. The molecule has 1 saturated carbocycles. The van der Waals surface area contributed by atoms with Crippen LogP contribution in [-0.2, 0) is 24.2 Å². The molecule has 1 aliphatic rings. The summed E-state index contributed by atoms with van der Waals surface area (Å²) in [5, 5.41) is 14.4. The Bertz CT molecular complexity index is 485. The van der Waals surface area contributed by atoms with Gasteiger partial charge in [0.15, 0.2) is 0 Å². The molecule has 0 atom stereocenters. The predicted molar refractivity (Wildman–Crippen MR) is 83.3 cm³/mol. The van der Waals surface area contributed by atoms with Gasteiger partial charge in [0.25, 0.3) is 0 Å². The maximum absolute atomic E-state index is 11.9. The van der Waals surface area contributed by atoms with Crippen molar-refractivity contribution in [1.82, 2.24) is 9.78 Å². The van der Waals surface area contributed by atoms with Crippen molar-refractivity contribution in [3.8, 4) is 0 Å². The van der Waals surface area contributed by atoms with Crippen LogP contribution in [0.5, 0.6) is 0 Å². The van der Waals surface area contributed by atoms with Crippen molar-refractivity contribution in [2.45, 2.75) is 72.3 Å². The second-order valence-corrected chi connectivity index (χ2v) is 6.41. The van der Waals surface area contributed by atoms with Crippen LogP contribution in [0, 0.1) is 11.3 Å². The van der Waals surface area contributed by atoms with Crippen LogP contribution in [0.3, 0.4) is 0 Å². The van der Waals surface area contributed by atoms with Crippen LogP contribution in [0.1, 0.15) is 64.3 Å². The van der Waals surface area contributed by atoms with E-state index in [0.29, 0.717) is 12.3 Å². The molecule has 21 heavy (non-hydrogen) atoms. The van der Waals surface area contributed by atoms with Gasteiger partial charge in [0, 0.05) is 18.7 Å². The molecule has 0 aliphatic heterocycles. The van der Waals surface area contributed by atoms with Crippen molar-refractivity contribution in [3.05, 3.63) is 17.5 Å². The smallest absolute Gasteiger partial charge is 0.310 e. The summed E-state index contributed by atoms with van der Waals surface area (Å²) in [5.74, 6) is 0.0821. The van der Waals surface area contributed by atoms with Crippen molar-refractivity contribution >= 4 is 5.97 Å². The van der Waals surface area contributed by atoms with Crippen LogP contribution in [0.2, 0.25) is 0 Å². The van der Waals surface area contributed by atoms with Crippen molar-refractivity contribution in [2.24, 2.45) is 11.3 Å². The minimum atomic E-state index is -0.626. The van der Waals surface area contributed by atoms with Crippen molar-refractivity contribution in [1.29, 1.82) is 0 Å². The lowest BCUT2D eigenvalue weighted by molar-refractivity contribution is -0.151. The van der Waals surface area contributed by atoms with Gasteiger partial charge in [-0.1, -0.05) is 20.3 Å². The fourth-order valence-corrected chi connectivity index (χ4v) is 3.56. The highest BCUT2D eigenvalue weighted by Gasteiger charge is 2.42. The second-order valence-electron chi connectivity index (χ2n) is 6.41. The Balaban J connectivity index is 2.21. The average molecular weight is 292 g/mol. The zero-order chi connectivity index (χ0) is 15.5. The minimum absolute atomic E-state index is 0.580. The van der Waals surface area contributed by atoms with E-state index in [1.165, 1.54) is 6.42 Å². The number of aromatic nitrogens is 2. The molecule has 1 heterocycles. The first kappa shape index (κ1) is 16.1. The summed E-state index contributed by atoms with van der Waals surface area (Å²) in [6.45, 7) is 7.17. The van der Waals surface area contributed by atoms with Crippen molar-refractivity contribution in [2.75, 3.05) is 0 Å². The van der Waals surface area contributed by atoms with Crippen LogP contribution in [0.4, 0.5) is 0 Å². The van der Waals surface area contributed by atoms with Gasteiger partial charge in [0.05, 0.1) is 11.1 Å². The lowest BCUT2D eigenvalue weighted by atomic mass is 9.67. The van der Waals surface area contributed by atoms with E-state index in [1.54, 1.807) is 0 Å². The third kappa shape index (κ3) is 3.30. The fourth-order valence-electron chi connectivity index (χ4n) is 3.56. The van der Waals surface area contributed by atoms with E-state index in [0.717, 1.165) is 50.0 Å². The van der Waals surface area contributed by atoms with Gasteiger partial charge in [-0.3, -0.25) is 9.48 Å². The first-order valence-electron chi connectivity index (χ1n) is 8.33. The Kier molecular flexibility index (Phi) is 5.07. The summed E-state index contributed by atoms with van der Waals surface area (Å²) in [5.41, 5.74) is 1.57. The molecule has 118 valence electrons. The molecule has 0 radical (unpaired) electrons. The molecule has 0 unspecified atom stereocenters. The Morgan fingerprint density at radius 1 is 1.38 bits per heavy atom. The van der Waals surface area contributed by atoms with Gasteiger partial charge in [-0.2, -0.15) is 5.10 Å². The number of hydrogen-bond donors (Lipinski definition) is 1. The maximum Gasteiger partial charge on any atom is 0.310 e. The predicted octanol–water partition coefficient (Wildman–Crippen LogP) is 3.68. The number of aryl methyl sites for hydroxylation is 2. The van der Waals surface area contributed by atoms with E-state index in [-0.39, 0.29) is 0 Å². The van der Waals surface area contributed by atoms with Crippen molar-refractivity contribution < 1.29 is 9.90 Å². The highest BCUT2D eigenvalue weighted by Crippen LogP contribution is 2.42. The van der Waals surface area contributed by atoms with E-state index >= 15 is 0 Å². The van der Waals surface area contributed by atoms with E-state index in [1.807, 2.05) is 4.68 Å². The molecule has 2 rings (SSSR count). The summed E-state index contributed by atoms with van der Waals surface area (Å²) >= 11 is 0. The van der Waals surface area contributed by atoms with Crippen LogP contribution in [0.15, 0.2) is 6.07 Å². The van der Waals surface area contributed by atoms with E-state index in [9.17, 15) is 9.90 Å². The van der Waals surface area contributed by atoms with E-state index in [2.05, 4.69) is 31.9 Å². The van der Waals surface area contributed by atoms with Crippen LogP contribution in [-0.4, -0.2) is 20.9 Å². The minimum Gasteiger partial charge on any atom is -0.481 e. The molecule has 0 aromatic carbocycles. The molecule has 1 N–H and O–H groups in total. The fraction of sp³-hybridized carbons (Fsp3) is 0.765. The van der Waals surface area contributed by atoms with Gasteiger partial charge in [0.2, 0.25) is 0 Å². The molecule has 0 bridgehead atoms. The van der Waals surface area contributed by atoms with Crippen LogP contribution >= 0.6 is 0 Å². The molecule has 1 aromatic rings. The van der Waals surface area contributed by atoms with Gasteiger partial charge in [0.1, 0.15) is 0 Å². The number of rotatable bonds is 6. The normalized spacial score (nSPS) is 26.0. The lowest BCUT2D eigenvalue weighted by Gasteiger charge is -2.36. The first-order valence-corrected chi connectivity index (χ1v) is 8.33. The van der Waals surface area contributed by atoms with Crippen LogP contribution < -0.4 is 0 Å². The molecule has 0 spiro atoms. The monoisotopic (exact) mass is 292 g/mol. The number of carboxylic acid groups (broad SMARTS) is 1. The largest absolute Gasteiger partial charge is 0.481 e.